The lowest BCUT2D eigenvalue weighted by atomic mass is 9.91. The predicted molar refractivity (Wildman–Crippen MR) is 59.8 cm³/mol. The fourth-order valence-electron chi connectivity index (χ4n) is 2.28. The van der Waals surface area contributed by atoms with Gasteiger partial charge in [-0.2, -0.15) is 4.98 Å². The van der Waals surface area contributed by atoms with Crippen molar-refractivity contribution >= 4 is 6.01 Å². The van der Waals surface area contributed by atoms with Crippen LogP contribution in [0.2, 0.25) is 0 Å². The van der Waals surface area contributed by atoms with Crippen LogP contribution >= 0.6 is 0 Å². The molecule has 0 spiro atoms. The molecule has 0 aliphatic carbocycles. The van der Waals surface area contributed by atoms with Crippen molar-refractivity contribution < 1.29 is 4.42 Å². The van der Waals surface area contributed by atoms with Gasteiger partial charge in [0, 0.05) is 12.6 Å². The quantitative estimate of drug-likeness (QED) is 0.803. The third-order valence-corrected chi connectivity index (χ3v) is 3.30. The Bertz CT molecular complexity index is 323. The normalized spacial score (nSPS) is 27.0. The van der Waals surface area contributed by atoms with Crippen molar-refractivity contribution in [3.05, 3.63) is 12.0 Å². The lowest BCUT2D eigenvalue weighted by Crippen LogP contribution is -2.46. The molecule has 2 atom stereocenters. The second-order valence-electron chi connectivity index (χ2n) is 4.34. The summed E-state index contributed by atoms with van der Waals surface area (Å²) >= 11 is 0. The Hall–Kier alpha value is -1.03. The van der Waals surface area contributed by atoms with Crippen molar-refractivity contribution in [1.82, 2.24) is 4.98 Å². The highest BCUT2D eigenvalue weighted by molar-refractivity contribution is 5.29. The maximum absolute atomic E-state index is 5.76. The minimum atomic E-state index is 0.432. The van der Waals surface area contributed by atoms with E-state index in [2.05, 4.69) is 16.8 Å². The van der Waals surface area contributed by atoms with Crippen LogP contribution in [0.25, 0.3) is 0 Å². The number of nitrogens with two attached hydrogens (primary N) is 1. The minimum absolute atomic E-state index is 0.432. The smallest absolute Gasteiger partial charge is 0.297 e. The molecule has 2 rings (SSSR count). The number of rotatable bonds is 2. The molecule has 4 heteroatoms. The minimum Gasteiger partial charge on any atom is -0.432 e. The molecular weight excluding hydrogens is 190 g/mol. The molecule has 1 fully saturated rings. The number of hydrogen-bond acceptors (Lipinski definition) is 4. The molecule has 15 heavy (non-hydrogen) atoms. The van der Waals surface area contributed by atoms with Crippen LogP contribution in [0.5, 0.6) is 0 Å². The molecule has 0 radical (unpaired) electrons. The van der Waals surface area contributed by atoms with Crippen LogP contribution in [0.3, 0.4) is 0 Å². The van der Waals surface area contributed by atoms with Gasteiger partial charge in [-0.15, -0.1) is 0 Å². The Labute approximate surface area is 90.5 Å². The number of oxazole rings is 1. The van der Waals surface area contributed by atoms with Crippen molar-refractivity contribution in [2.45, 2.75) is 32.7 Å². The third-order valence-electron chi connectivity index (χ3n) is 3.30. The number of hydrogen-bond donors (Lipinski definition) is 1. The van der Waals surface area contributed by atoms with Crippen molar-refractivity contribution in [1.29, 1.82) is 0 Å². The van der Waals surface area contributed by atoms with Gasteiger partial charge in [0.2, 0.25) is 0 Å². The summed E-state index contributed by atoms with van der Waals surface area (Å²) in [5, 5.41) is 0. The fraction of sp³-hybridized carbons (Fsp3) is 0.727. The highest BCUT2D eigenvalue weighted by Crippen LogP contribution is 2.27. The Kier molecular flexibility index (Phi) is 2.95. The first-order valence-electron chi connectivity index (χ1n) is 5.61. The van der Waals surface area contributed by atoms with E-state index < -0.39 is 0 Å². The van der Waals surface area contributed by atoms with Gasteiger partial charge in [-0.3, -0.25) is 0 Å². The van der Waals surface area contributed by atoms with Crippen molar-refractivity contribution in [3.8, 4) is 0 Å². The standard InChI is InChI=1S/C11H19N3O/c1-8-7-15-11(13-8)14-5-3-4-10(6-12)9(14)2/h7,9-10H,3-6,12H2,1-2H3/t9-,10-/m1/s1. The van der Waals surface area contributed by atoms with Crippen molar-refractivity contribution in [3.63, 3.8) is 0 Å². The zero-order chi connectivity index (χ0) is 10.8. The fourth-order valence-corrected chi connectivity index (χ4v) is 2.28. The molecule has 2 N–H and O–H groups in total. The highest BCUT2D eigenvalue weighted by Gasteiger charge is 2.29. The van der Waals surface area contributed by atoms with Gasteiger partial charge in [0.15, 0.2) is 0 Å². The average Bonchev–Trinajstić information content (AvgIpc) is 2.65. The molecule has 1 aromatic heterocycles. The number of aryl methyl sites for hydroxylation is 1. The first-order valence-corrected chi connectivity index (χ1v) is 5.61. The van der Waals surface area contributed by atoms with Crippen molar-refractivity contribution in [2.75, 3.05) is 18.0 Å². The number of piperidine rings is 1. The molecule has 1 aliphatic heterocycles. The van der Waals surface area contributed by atoms with E-state index in [0.29, 0.717) is 12.0 Å². The van der Waals surface area contributed by atoms with Crippen LogP contribution in [0, 0.1) is 12.8 Å². The first-order chi connectivity index (χ1) is 7.22. The summed E-state index contributed by atoms with van der Waals surface area (Å²) in [7, 11) is 0. The topological polar surface area (TPSA) is 55.3 Å². The summed E-state index contributed by atoms with van der Waals surface area (Å²) in [4.78, 5) is 6.60. The van der Waals surface area contributed by atoms with E-state index in [-0.39, 0.29) is 0 Å². The van der Waals surface area contributed by atoms with E-state index in [1.807, 2.05) is 6.92 Å². The maximum Gasteiger partial charge on any atom is 0.297 e. The molecular formula is C11H19N3O. The molecule has 0 bridgehead atoms. The summed E-state index contributed by atoms with van der Waals surface area (Å²) in [5.74, 6) is 0.561. The summed E-state index contributed by atoms with van der Waals surface area (Å²) in [6.45, 7) is 5.92. The zero-order valence-electron chi connectivity index (χ0n) is 9.44. The molecule has 0 aromatic carbocycles. The number of aromatic nitrogens is 1. The molecule has 1 aliphatic rings. The van der Waals surface area contributed by atoms with Crippen LogP contribution in [0.4, 0.5) is 6.01 Å². The lowest BCUT2D eigenvalue weighted by molar-refractivity contribution is 0.327. The Morgan fingerprint density at radius 1 is 1.67 bits per heavy atom. The Morgan fingerprint density at radius 2 is 2.47 bits per heavy atom. The van der Waals surface area contributed by atoms with E-state index in [0.717, 1.165) is 24.8 Å². The maximum atomic E-state index is 5.76. The molecule has 0 unspecified atom stereocenters. The second kappa shape index (κ2) is 4.23. The molecule has 0 amide bonds. The van der Waals surface area contributed by atoms with Crippen LogP contribution in [0.1, 0.15) is 25.5 Å². The van der Waals surface area contributed by atoms with Gasteiger partial charge in [-0.25, -0.2) is 0 Å². The van der Waals surface area contributed by atoms with Gasteiger partial charge in [0.25, 0.3) is 6.01 Å². The highest BCUT2D eigenvalue weighted by atomic mass is 16.4. The van der Waals surface area contributed by atoms with Gasteiger partial charge in [-0.05, 0) is 39.2 Å². The summed E-state index contributed by atoms with van der Waals surface area (Å²) in [6, 6.07) is 1.18. The third kappa shape index (κ3) is 2.00. The molecule has 0 saturated carbocycles. The predicted octanol–water partition coefficient (Wildman–Crippen LogP) is 1.55. The summed E-state index contributed by atoms with van der Waals surface area (Å²) in [5.41, 5.74) is 6.70. The van der Waals surface area contributed by atoms with E-state index >= 15 is 0 Å². The summed E-state index contributed by atoms with van der Waals surface area (Å²) < 4.78 is 5.44. The molecule has 2 heterocycles. The van der Waals surface area contributed by atoms with E-state index in [1.54, 1.807) is 6.26 Å². The van der Waals surface area contributed by atoms with E-state index in [4.69, 9.17) is 10.2 Å². The zero-order valence-corrected chi connectivity index (χ0v) is 9.44. The van der Waals surface area contributed by atoms with E-state index in [1.165, 1.54) is 12.8 Å². The largest absolute Gasteiger partial charge is 0.432 e. The van der Waals surface area contributed by atoms with Crippen molar-refractivity contribution in [2.24, 2.45) is 11.7 Å². The van der Waals surface area contributed by atoms with Crippen LogP contribution in [-0.4, -0.2) is 24.1 Å². The molecule has 4 nitrogen and oxygen atoms in total. The molecule has 1 aromatic rings. The van der Waals surface area contributed by atoms with Gasteiger partial charge < -0.3 is 15.1 Å². The van der Waals surface area contributed by atoms with Crippen LogP contribution < -0.4 is 10.6 Å². The number of nitrogens with zero attached hydrogens (tertiary/aromatic N) is 2. The Balaban J connectivity index is 2.14. The van der Waals surface area contributed by atoms with E-state index in [9.17, 15) is 0 Å². The first kappa shape index (κ1) is 10.5. The second-order valence-corrected chi connectivity index (χ2v) is 4.34. The van der Waals surface area contributed by atoms with Crippen LogP contribution in [0.15, 0.2) is 10.7 Å². The number of anilines is 1. The van der Waals surface area contributed by atoms with Gasteiger partial charge in [0.1, 0.15) is 6.26 Å². The lowest BCUT2D eigenvalue weighted by Gasteiger charge is -2.37. The SMILES string of the molecule is Cc1coc(N2CCC[C@H](CN)[C@H]2C)n1. The van der Waals surface area contributed by atoms with Crippen LogP contribution in [-0.2, 0) is 0 Å². The monoisotopic (exact) mass is 209 g/mol. The average molecular weight is 209 g/mol. The molecule has 84 valence electrons. The summed E-state index contributed by atoms with van der Waals surface area (Å²) in [6.07, 6.45) is 4.09. The van der Waals surface area contributed by atoms with Gasteiger partial charge >= 0.3 is 0 Å². The van der Waals surface area contributed by atoms with Gasteiger partial charge in [0.05, 0.1) is 5.69 Å². The molecule has 1 saturated heterocycles. The van der Waals surface area contributed by atoms with Gasteiger partial charge in [-0.1, -0.05) is 0 Å². The Morgan fingerprint density at radius 3 is 3.07 bits per heavy atom.